The van der Waals surface area contributed by atoms with Gasteiger partial charge in [-0.25, -0.2) is 4.39 Å². The smallest absolute Gasteiger partial charge is 0.200 e. The average molecular weight is 231 g/mol. The largest absolute Gasteiger partial charge is 0.251 e. The van der Waals surface area contributed by atoms with Gasteiger partial charge in [0, 0.05) is 0 Å². The highest BCUT2D eigenvalue weighted by molar-refractivity contribution is 5.43. The number of hydrogen-bond donors (Lipinski definition) is 0. The van der Waals surface area contributed by atoms with Crippen LogP contribution >= 0.6 is 0 Å². The lowest BCUT2D eigenvalue weighted by Crippen LogP contribution is -2.23. The van der Waals surface area contributed by atoms with Gasteiger partial charge in [-0.2, -0.15) is 5.12 Å². The number of anilines is 1. The van der Waals surface area contributed by atoms with Crippen molar-refractivity contribution < 1.29 is 13.3 Å². The highest BCUT2D eigenvalue weighted by Gasteiger charge is 2.16. The van der Waals surface area contributed by atoms with Crippen LogP contribution in [-0.4, -0.2) is 13.0 Å². The summed E-state index contributed by atoms with van der Waals surface area (Å²) in [7, 11) is 0. The minimum Gasteiger partial charge on any atom is -0.251 e. The molecule has 1 rings (SSSR count). The van der Waals surface area contributed by atoms with Gasteiger partial charge in [0.05, 0.1) is 12.4 Å². The number of nitrogens with zero attached hydrogens (tertiary/aromatic N) is 1. The zero-order chi connectivity index (χ0) is 11.8. The molecule has 0 aliphatic carbocycles. The molecule has 0 saturated heterocycles. The van der Waals surface area contributed by atoms with Crippen molar-refractivity contribution in [1.29, 1.82) is 0 Å². The molecule has 0 fully saturated rings. The molecule has 0 bridgehead atoms. The molecule has 0 N–H and O–H groups in total. The normalized spacial score (nSPS) is 12.4. The Morgan fingerprint density at radius 2 is 1.75 bits per heavy atom. The lowest BCUT2D eigenvalue weighted by atomic mass is 10.2. The number of para-hydroxylation sites is 1. The third-order valence-electron chi connectivity index (χ3n) is 2.32. The average Bonchev–Trinajstić information content (AvgIpc) is 2.34. The van der Waals surface area contributed by atoms with Gasteiger partial charge in [0.2, 0.25) is 6.30 Å². The molecule has 0 aliphatic rings. The van der Waals surface area contributed by atoms with Crippen molar-refractivity contribution in [3.05, 3.63) is 30.3 Å². The van der Waals surface area contributed by atoms with Gasteiger partial charge in [-0.05, 0) is 31.4 Å². The van der Waals surface area contributed by atoms with E-state index >= 15 is 0 Å². The van der Waals surface area contributed by atoms with Crippen LogP contribution in [0.15, 0.2) is 30.3 Å². The molecule has 1 aromatic rings. The molecule has 0 aromatic heterocycles. The first kappa shape index (κ1) is 12.9. The highest BCUT2D eigenvalue weighted by atomic mass is 19.2. The second kappa shape index (κ2) is 7.14. The van der Waals surface area contributed by atoms with Crippen molar-refractivity contribution in [2.45, 2.75) is 32.0 Å². The summed E-state index contributed by atoms with van der Waals surface area (Å²) in [5, 5.41) is 0.120. The summed E-state index contributed by atoms with van der Waals surface area (Å²) in [6.07, 6.45) is -0.0461. The maximum Gasteiger partial charge on any atom is 0.200 e. The molecule has 1 nitrogen and oxygen atoms in total. The number of alkyl halides is 2. The third kappa shape index (κ3) is 4.13. The van der Waals surface area contributed by atoms with Gasteiger partial charge in [0.15, 0.2) is 0 Å². The van der Waals surface area contributed by atoms with Crippen molar-refractivity contribution in [3.63, 3.8) is 0 Å². The first-order valence-corrected chi connectivity index (χ1v) is 5.46. The summed E-state index contributed by atoms with van der Waals surface area (Å²) >= 11 is 0. The van der Waals surface area contributed by atoms with Gasteiger partial charge in [0.25, 0.3) is 0 Å². The van der Waals surface area contributed by atoms with Crippen LogP contribution in [0.1, 0.15) is 25.7 Å². The van der Waals surface area contributed by atoms with Crippen molar-refractivity contribution in [1.82, 2.24) is 0 Å². The Kier molecular flexibility index (Phi) is 5.75. The Morgan fingerprint density at radius 3 is 2.38 bits per heavy atom. The summed E-state index contributed by atoms with van der Waals surface area (Å²) in [6, 6.07) is 8.06. The number of hydrogen-bond acceptors (Lipinski definition) is 1. The molecule has 1 unspecified atom stereocenters. The molecule has 0 heterocycles. The van der Waals surface area contributed by atoms with Crippen molar-refractivity contribution >= 4 is 5.69 Å². The molecular weight excluding hydrogens is 215 g/mol. The maximum atomic E-state index is 13.4. The summed E-state index contributed by atoms with van der Waals surface area (Å²) in [5.74, 6) is 0. The molecule has 1 atom stereocenters. The van der Waals surface area contributed by atoms with E-state index in [1.54, 1.807) is 18.2 Å². The molecule has 0 amide bonds. The quantitative estimate of drug-likeness (QED) is 0.386. The number of benzene rings is 1. The second-order valence-corrected chi connectivity index (χ2v) is 3.62. The van der Waals surface area contributed by atoms with Gasteiger partial charge >= 0.3 is 0 Å². The monoisotopic (exact) mass is 231 g/mol. The first-order chi connectivity index (χ1) is 7.75. The molecular formula is C12H16F3N. The zero-order valence-electron chi connectivity index (χ0n) is 9.08. The van der Waals surface area contributed by atoms with Crippen LogP contribution < -0.4 is 5.12 Å². The van der Waals surface area contributed by atoms with E-state index in [0.717, 1.165) is 0 Å². The fourth-order valence-electron chi connectivity index (χ4n) is 1.43. The lowest BCUT2D eigenvalue weighted by Gasteiger charge is -2.18. The Balaban J connectivity index is 2.33. The number of rotatable bonds is 7. The molecule has 4 heteroatoms. The van der Waals surface area contributed by atoms with E-state index in [0.29, 0.717) is 19.3 Å². The van der Waals surface area contributed by atoms with E-state index in [4.69, 9.17) is 0 Å². The summed E-state index contributed by atoms with van der Waals surface area (Å²) < 4.78 is 38.6. The van der Waals surface area contributed by atoms with Gasteiger partial charge in [-0.1, -0.05) is 29.1 Å². The van der Waals surface area contributed by atoms with Gasteiger partial charge < -0.3 is 0 Å². The maximum absolute atomic E-state index is 13.4. The van der Waals surface area contributed by atoms with Crippen molar-refractivity contribution in [2.24, 2.45) is 0 Å². The summed E-state index contributed by atoms with van der Waals surface area (Å²) in [5.41, 5.74) is 0.209. The van der Waals surface area contributed by atoms with Gasteiger partial charge in [-0.15, -0.1) is 0 Å². The van der Waals surface area contributed by atoms with Crippen LogP contribution in [0.4, 0.5) is 18.9 Å². The van der Waals surface area contributed by atoms with Crippen molar-refractivity contribution in [3.8, 4) is 0 Å². The number of unbranched alkanes of at least 4 members (excludes halogenated alkanes) is 2. The Labute approximate surface area is 93.8 Å². The minimum atomic E-state index is -1.65. The highest BCUT2D eigenvalue weighted by Crippen LogP contribution is 2.20. The van der Waals surface area contributed by atoms with Crippen molar-refractivity contribution in [2.75, 3.05) is 11.8 Å². The van der Waals surface area contributed by atoms with E-state index in [-0.39, 0.29) is 17.2 Å². The van der Waals surface area contributed by atoms with Crippen LogP contribution in [0.3, 0.4) is 0 Å². The third-order valence-corrected chi connectivity index (χ3v) is 2.32. The standard InChI is InChI=1S/C12H16F3N/c13-10-6-2-5-9-12(14)16(15)11-7-3-1-4-8-11/h1,3-4,7-8,12H,2,5-6,9-10H2. The van der Waals surface area contributed by atoms with Crippen LogP contribution in [0.2, 0.25) is 0 Å². The number of halogens is 3. The zero-order valence-corrected chi connectivity index (χ0v) is 9.08. The van der Waals surface area contributed by atoms with E-state index in [1.165, 1.54) is 12.1 Å². The molecule has 16 heavy (non-hydrogen) atoms. The fourth-order valence-corrected chi connectivity index (χ4v) is 1.43. The predicted molar refractivity (Wildman–Crippen MR) is 59.4 cm³/mol. The second-order valence-electron chi connectivity index (χ2n) is 3.62. The van der Waals surface area contributed by atoms with Crippen LogP contribution in [0.5, 0.6) is 0 Å². The summed E-state index contributed by atoms with van der Waals surface area (Å²) in [6.45, 7) is -0.394. The topological polar surface area (TPSA) is 3.24 Å². The first-order valence-electron chi connectivity index (χ1n) is 5.46. The molecule has 0 radical (unpaired) electrons. The molecule has 0 saturated carbocycles. The van der Waals surface area contributed by atoms with E-state index < -0.39 is 13.0 Å². The minimum absolute atomic E-state index is 0.0887. The Morgan fingerprint density at radius 1 is 1.06 bits per heavy atom. The summed E-state index contributed by atoms with van der Waals surface area (Å²) in [4.78, 5) is 0. The molecule has 0 aliphatic heterocycles. The molecule has 90 valence electrons. The predicted octanol–water partition coefficient (Wildman–Crippen LogP) is 4.20. The van der Waals surface area contributed by atoms with Crippen LogP contribution in [0, 0.1) is 0 Å². The molecule has 1 aromatic carbocycles. The Hall–Kier alpha value is -1.19. The lowest BCUT2D eigenvalue weighted by molar-refractivity contribution is 0.208. The van der Waals surface area contributed by atoms with Gasteiger partial charge in [0.1, 0.15) is 0 Å². The molecule has 0 spiro atoms. The van der Waals surface area contributed by atoms with Gasteiger partial charge in [-0.3, -0.25) is 4.39 Å². The van der Waals surface area contributed by atoms with E-state index in [1.807, 2.05) is 0 Å². The van der Waals surface area contributed by atoms with Crippen LogP contribution in [0.25, 0.3) is 0 Å². The SMILES string of the molecule is FCCCCCC(F)N(F)c1ccccc1. The Bertz CT molecular complexity index is 279. The van der Waals surface area contributed by atoms with E-state index in [2.05, 4.69) is 0 Å². The van der Waals surface area contributed by atoms with E-state index in [9.17, 15) is 13.3 Å². The van der Waals surface area contributed by atoms with Crippen LogP contribution in [-0.2, 0) is 0 Å². The fraction of sp³-hybridized carbons (Fsp3) is 0.500.